The molecule has 0 radical (unpaired) electrons. The lowest BCUT2D eigenvalue weighted by Gasteiger charge is -2.18. The van der Waals surface area contributed by atoms with Crippen LogP contribution in [0.1, 0.15) is 6.42 Å². The van der Waals surface area contributed by atoms with E-state index in [9.17, 15) is 14.9 Å². The molecule has 1 atom stereocenters. The van der Waals surface area contributed by atoms with Crippen LogP contribution in [0.15, 0.2) is 18.5 Å². The fourth-order valence-electron chi connectivity index (χ4n) is 2.06. The first-order valence-corrected chi connectivity index (χ1v) is 5.40. The monoisotopic (exact) mass is 252 g/mol. The minimum Gasteiger partial charge on any atom is -0.465 e. The van der Waals surface area contributed by atoms with E-state index < -0.39 is 11.0 Å². The first-order chi connectivity index (χ1) is 8.58. The average molecular weight is 252 g/mol. The molecule has 1 aliphatic rings. The second-order valence-corrected chi connectivity index (χ2v) is 4.00. The number of carboxylic acid groups (broad SMARTS) is 1. The molecule has 1 amide bonds. The first kappa shape index (κ1) is 12.1. The lowest BCUT2D eigenvalue weighted by molar-refractivity contribution is -0.384. The van der Waals surface area contributed by atoms with Crippen molar-refractivity contribution < 1.29 is 14.8 Å². The van der Waals surface area contributed by atoms with Crippen LogP contribution in [-0.2, 0) is 0 Å². The molecule has 1 saturated heterocycles. The van der Waals surface area contributed by atoms with Crippen molar-refractivity contribution in [2.75, 3.05) is 18.0 Å². The van der Waals surface area contributed by atoms with Gasteiger partial charge in [-0.3, -0.25) is 15.1 Å². The van der Waals surface area contributed by atoms with Crippen LogP contribution in [-0.4, -0.2) is 40.2 Å². The highest BCUT2D eigenvalue weighted by Crippen LogP contribution is 2.29. The molecule has 0 spiro atoms. The summed E-state index contributed by atoms with van der Waals surface area (Å²) in [6.45, 7) is 1.01. The average Bonchev–Trinajstić information content (AvgIpc) is 2.76. The van der Waals surface area contributed by atoms with Crippen LogP contribution in [0.25, 0.3) is 0 Å². The normalized spacial score (nSPS) is 18.7. The quantitative estimate of drug-likeness (QED) is 0.609. The standard InChI is InChI=1S/C10H12N4O4/c15-10(16)12-7-2-4-13(6-7)8-1-3-11-5-9(8)14(17)18/h1,3,5,7,12H,2,4,6H2,(H,15,16)/t7-/m1/s1. The molecule has 1 aromatic rings. The van der Waals surface area contributed by atoms with Crippen molar-refractivity contribution in [2.45, 2.75) is 12.5 Å². The van der Waals surface area contributed by atoms with E-state index in [4.69, 9.17) is 5.11 Å². The van der Waals surface area contributed by atoms with Crippen LogP contribution in [0.5, 0.6) is 0 Å². The molecule has 0 unspecified atom stereocenters. The summed E-state index contributed by atoms with van der Waals surface area (Å²) < 4.78 is 0. The van der Waals surface area contributed by atoms with E-state index in [1.807, 2.05) is 0 Å². The van der Waals surface area contributed by atoms with E-state index in [0.29, 0.717) is 25.2 Å². The zero-order valence-electron chi connectivity index (χ0n) is 9.44. The summed E-state index contributed by atoms with van der Waals surface area (Å²) in [6, 6.07) is 1.37. The van der Waals surface area contributed by atoms with Gasteiger partial charge >= 0.3 is 11.8 Å². The van der Waals surface area contributed by atoms with Crippen molar-refractivity contribution in [3.05, 3.63) is 28.6 Å². The van der Waals surface area contributed by atoms with Crippen LogP contribution >= 0.6 is 0 Å². The van der Waals surface area contributed by atoms with Gasteiger partial charge in [-0.25, -0.2) is 4.79 Å². The van der Waals surface area contributed by atoms with Gasteiger partial charge in [0.05, 0.1) is 11.0 Å². The largest absolute Gasteiger partial charge is 0.465 e. The van der Waals surface area contributed by atoms with Gasteiger partial charge in [0.25, 0.3) is 0 Å². The maximum atomic E-state index is 10.9. The Morgan fingerprint density at radius 1 is 1.67 bits per heavy atom. The van der Waals surface area contributed by atoms with Crippen molar-refractivity contribution in [1.29, 1.82) is 0 Å². The Morgan fingerprint density at radius 2 is 2.44 bits per heavy atom. The van der Waals surface area contributed by atoms with Crippen molar-refractivity contribution in [3.8, 4) is 0 Å². The van der Waals surface area contributed by atoms with E-state index in [1.54, 1.807) is 11.0 Å². The number of aromatic nitrogens is 1. The Balaban J connectivity index is 2.14. The third-order valence-electron chi connectivity index (χ3n) is 2.83. The van der Waals surface area contributed by atoms with E-state index in [0.717, 1.165) is 0 Å². The zero-order chi connectivity index (χ0) is 13.1. The van der Waals surface area contributed by atoms with Crippen LogP contribution in [0, 0.1) is 10.1 Å². The Hall–Kier alpha value is -2.38. The predicted octanol–water partition coefficient (Wildman–Crippen LogP) is 0.836. The SMILES string of the molecule is O=C(O)N[C@@H]1CCN(c2ccncc2[N+](=O)[O-])C1. The topological polar surface area (TPSA) is 109 Å². The molecular formula is C10H12N4O4. The zero-order valence-corrected chi connectivity index (χ0v) is 9.44. The highest BCUT2D eigenvalue weighted by Gasteiger charge is 2.28. The number of carbonyl (C=O) groups is 1. The Bertz CT molecular complexity index is 479. The summed E-state index contributed by atoms with van der Waals surface area (Å²) in [5, 5.41) is 21.9. The van der Waals surface area contributed by atoms with Gasteiger partial charge in [-0.2, -0.15) is 0 Å². The number of pyridine rings is 1. The number of nitro groups is 1. The van der Waals surface area contributed by atoms with Gasteiger partial charge in [0.15, 0.2) is 0 Å². The molecule has 0 aliphatic carbocycles. The van der Waals surface area contributed by atoms with Crippen LogP contribution < -0.4 is 10.2 Å². The molecule has 96 valence electrons. The maximum absolute atomic E-state index is 10.9. The Labute approximate surface area is 102 Å². The number of nitrogens with one attached hydrogen (secondary N) is 1. The van der Waals surface area contributed by atoms with Gasteiger partial charge in [-0.1, -0.05) is 0 Å². The highest BCUT2D eigenvalue weighted by atomic mass is 16.6. The van der Waals surface area contributed by atoms with Gasteiger partial charge in [-0.15, -0.1) is 0 Å². The van der Waals surface area contributed by atoms with E-state index >= 15 is 0 Å². The maximum Gasteiger partial charge on any atom is 0.404 e. The molecule has 8 nitrogen and oxygen atoms in total. The second-order valence-electron chi connectivity index (χ2n) is 4.00. The molecule has 2 N–H and O–H groups in total. The van der Waals surface area contributed by atoms with Gasteiger partial charge in [-0.05, 0) is 12.5 Å². The number of nitrogens with zero attached hydrogens (tertiary/aromatic N) is 3. The Morgan fingerprint density at radius 3 is 3.11 bits per heavy atom. The molecular weight excluding hydrogens is 240 g/mol. The molecule has 8 heteroatoms. The molecule has 2 heterocycles. The second kappa shape index (κ2) is 4.86. The van der Waals surface area contributed by atoms with Crippen LogP contribution in [0.3, 0.4) is 0 Å². The summed E-state index contributed by atoms with van der Waals surface area (Å²) in [5.74, 6) is 0. The molecule has 0 aromatic carbocycles. The molecule has 18 heavy (non-hydrogen) atoms. The molecule has 1 aromatic heterocycles. The minimum absolute atomic E-state index is 0.0616. The summed E-state index contributed by atoms with van der Waals surface area (Å²) in [6.07, 6.45) is 2.24. The molecule has 1 aliphatic heterocycles. The van der Waals surface area contributed by atoms with Gasteiger partial charge < -0.3 is 15.3 Å². The molecule has 0 bridgehead atoms. The predicted molar refractivity (Wildman–Crippen MR) is 62.7 cm³/mol. The lowest BCUT2D eigenvalue weighted by Crippen LogP contribution is -2.36. The molecule has 2 rings (SSSR count). The number of amides is 1. The van der Waals surface area contributed by atoms with E-state index in [-0.39, 0.29) is 11.7 Å². The number of anilines is 1. The first-order valence-electron chi connectivity index (χ1n) is 5.40. The summed E-state index contributed by atoms with van der Waals surface area (Å²) in [7, 11) is 0. The number of rotatable bonds is 3. The van der Waals surface area contributed by atoms with Gasteiger partial charge in [0.2, 0.25) is 0 Å². The van der Waals surface area contributed by atoms with Crippen LogP contribution in [0.2, 0.25) is 0 Å². The molecule has 0 saturated carbocycles. The minimum atomic E-state index is -1.08. The van der Waals surface area contributed by atoms with Gasteiger partial charge in [0, 0.05) is 19.3 Å². The van der Waals surface area contributed by atoms with Crippen molar-refractivity contribution in [2.24, 2.45) is 0 Å². The third-order valence-corrected chi connectivity index (χ3v) is 2.83. The Kier molecular flexibility index (Phi) is 3.26. The molecule has 1 fully saturated rings. The van der Waals surface area contributed by atoms with Crippen molar-refractivity contribution in [3.63, 3.8) is 0 Å². The third kappa shape index (κ3) is 2.47. The number of hydrogen-bond donors (Lipinski definition) is 2. The lowest BCUT2D eigenvalue weighted by atomic mass is 10.3. The van der Waals surface area contributed by atoms with Gasteiger partial charge in [0.1, 0.15) is 11.9 Å². The fraction of sp³-hybridized carbons (Fsp3) is 0.400. The summed E-state index contributed by atoms with van der Waals surface area (Å²) >= 11 is 0. The van der Waals surface area contributed by atoms with E-state index in [2.05, 4.69) is 10.3 Å². The fourth-order valence-corrected chi connectivity index (χ4v) is 2.06. The summed E-state index contributed by atoms with van der Waals surface area (Å²) in [4.78, 5) is 26.4. The van der Waals surface area contributed by atoms with Crippen LogP contribution in [0.4, 0.5) is 16.2 Å². The number of hydrogen-bond acceptors (Lipinski definition) is 5. The highest BCUT2D eigenvalue weighted by molar-refractivity contribution is 5.66. The van der Waals surface area contributed by atoms with Crippen molar-refractivity contribution >= 4 is 17.5 Å². The smallest absolute Gasteiger partial charge is 0.404 e. The van der Waals surface area contributed by atoms with E-state index in [1.165, 1.54) is 12.4 Å². The van der Waals surface area contributed by atoms with Crippen molar-refractivity contribution in [1.82, 2.24) is 10.3 Å². The summed E-state index contributed by atoms with van der Waals surface area (Å²) in [5.41, 5.74) is 0.415.